The molecule has 0 amide bonds. The first-order chi connectivity index (χ1) is 5.74. The van der Waals surface area contributed by atoms with Gasteiger partial charge in [0, 0.05) is 6.42 Å². The lowest BCUT2D eigenvalue weighted by Gasteiger charge is -2.38. The van der Waals surface area contributed by atoms with Crippen LogP contribution in [0.25, 0.3) is 0 Å². The quantitative estimate of drug-likeness (QED) is 0.586. The Morgan fingerprint density at radius 1 is 1.42 bits per heavy atom. The van der Waals surface area contributed by atoms with Gasteiger partial charge in [-0.3, -0.25) is 0 Å². The third-order valence-electron chi connectivity index (χ3n) is 3.12. The number of nitrogens with zero attached hydrogens (tertiary/aromatic N) is 1. The summed E-state index contributed by atoms with van der Waals surface area (Å²) in [4.78, 5) is 0. The molecule has 0 spiro atoms. The molecule has 0 aliphatic heterocycles. The molecule has 1 saturated carbocycles. The Balaban J connectivity index is 1.99. The molecular formula is C11H19N. The number of hydrogen-bond acceptors (Lipinski definition) is 1. The van der Waals surface area contributed by atoms with Crippen LogP contribution < -0.4 is 0 Å². The van der Waals surface area contributed by atoms with E-state index in [1.165, 1.54) is 19.3 Å². The zero-order valence-corrected chi connectivity index (χ0v) is 8.21. The van der Waals surface area contributed by atoms with Crippen LogP contribution in [0.2, 0.25) is 0 Å². The normalized spacial score (nSPS) is 28.2. The number of nitriles is 1. The molecule has 1 aliphatic rings. The third kappa shape index (κ3) is 2.52. The van der Waals surface area contributed by atoms with Gasteiger partial charge in [-0.15, -0.1) is 0 Å². The molecular weight excluding hydrogens is 146 g/mol. The van der Waals surface area contributed by atoms with Crippen LogP contribution in [0.3, 0.4) is 0 Å². The first-order valence-electron chi connectivity index (χ1n) is 5.11. The molecule has 0 aromatic carbocycles. The van der Waals surface area contributed by atoms with Crippen molar-refractivity contribution >= 4 is 0 Å². The Bertz CT molecular complexity index is 160. The van der Waals surface area contributed by atoms with Gasteiger partial charge >= 0.3 is 0 Å². The van der Waals surface area contributed by atoms with Gasteiger partial charge in [0.1, 0.15) is 0 Å². The van der Waals surface area contributed by atoms with E-state index >= 15 is 0 Å². The van der Waals surface area contributed by atoms with E-state index in [0.29, 0.717) is 0 Å². The molecule has 1 fully saturated rings. The summed E-state index contributed by atoms with van der Waals surface area (Å²) in [5.41, 5.74) is 0. The van der Waals surface area contributed by atoms with E-state index in [9.17, 15) is 0 Å². The highest BCUT2D eigenvalue weighted by atomic mass is 14.4. The fourth-order valence-corrected chi connectivity index (χ4v) is 2.04. The molecule has 12 heavy (non-hydrogen) atoms. The molecule has 68 valence electrons. The molecule has 0 unspecified atom stereocenters. The summed E-state index contributed by atoms with van der Waals surface area (Å²) in [6.07, 6.45) is 6.00. The molecule has 0 aromatic rings. The predicted octanol–water partition coefficient (Wildman–Crippen LogP) is 3.36. The maximum Gasteiger partial charge on any atom is 0.0621 e. The summed E-state index contributed by atoms with van der Waals surface area (Å²) in [6.45, 7) is 4.63. The molecule has 0 atom stereocenters. The van der Waals surface area contributed by atoms with Gasteiger partial charge in [-0.05, 0) is 43.4 Å². The Labute approximate surface area is 75.8 Å². The largest absolute Gasteiger partial charge is 0.198 e. The van der Waals surface area contributed by atoms with E-state index in [2.05, 4.69) is 19.9 Å². The molecule has 0 aromatic heterocycles. The van der Waals surface area contributed by atoms with Gasteiger partial charge in [0.15, 0.2) is 0 Å². The van der Waals surface area contributed by atoms with E-state index in [0.717, 1.165) is 30.6 Å². The van der Waals surface area contributed by atoms with Crippen LogP contribution in [0.15, 0.2) is 0 Å². The van der Waals surface area contributed by atoms with E-state index < -0.39 is 0 Å². The Morgan fingerprint density at radius 3 is 2.58 bits per heavy atom. The van der Waals surface area contributed by atoms with Crippen LogP contribution in [-0.4, -0.2) is 0 Å². The maximum atomic E-state index is 8.36. The van der Waals surface area contributed by atoms with Gasteiger partial charge in [-0.25, -0.2) is 0 Å². The highest BCUT2D eigenvalue weighted by Gasteiger charge is 2.30. The van der Waals surface area contributed by atoms with Gasteiger partial charge in [0.2, 0.25) is 0 Å². The second kappa shape index (κ2) is 4.50. The van der Waals surface area contributed by atoms with Gasteiger partial charge in [-0.2, -0.15) is 5.26 Å². The molecule has 0 heterocycles. The van der Waals surface area contributed by atoms with Crippen LogP contribution in [0.5, 0.6) is 0 Å². The SMILES string of the molecule is CC(C)C1CC(CCCC#N)C1. The fraction of sp³-hybridized carbons (Fsp3) is 0.909. The van der Waals surface area contributed by atoms with Crippen LogP contribution in [0, 0.1) is 29.1 Å². The second-order valence-electron chi connectivity index (χ2n) is 4.39. The topological polar surface area (TPSA) is 23.8 Å². The minimum atomic E-state index is 0.753. The van der Waals surface area contributed by atoms with E-state index in [1.807, 2.05) is 0 Å². The summed E-state index contributed by atoms with van der Waals surface area (Å²) in [5.74, 6) is 2.81. The van der Waals surface area contributed by atoms with E-state index in [4.69, 9.17) is 5.26 Å². The molecule has 1 heteroatoms. The molecule has 1 rings (SSSR count). The van der Waals surface area contributed by atoms with Crippen LogP contribution in [0.4, 0.5) is 0 Å². The Hall–Kier alpha value is -0.510. The van der Waals surface area contributed by atoms with Crippen LogP contribution in [-0.2, 0) is 0 Å². The van der Waals surface area contributed by atoms with Crippen molar-refractivity contribution in [3.8, 4) is 6.07 Å². The molecule has 0 bridgehead atoms. The number of hydrogen-bond donors (Lipinski definition) is 0. The molecule has 0 N–H and O–H groups in total. The monoisotopic (exact) mass is 165 g/mol. The lowest BCUT2D eigenvalue weighted by Crippen LogP contribution is -2.27. The third-order valence-corrected chi connectivity index (χ3v) is 3.12. The first-order valence-corrected chi connectivity index (χ1v) is 5.11. The van der Waals surface area contributed by atoms with Gasteiger partial charge < -0.3 is 0 Å². The summed E-state index contributed by atoms with van der Waals surface area (Å²) in [6, 6.07) is 2.21. The smallest absolute Gasteiger partial charge is 0.0621 e. The molecule has 1 aliphatic carbocycles. The van der Waals surface area contributed by atoms with Crippen molar-refractivity contribution < 1.29 is 0 Å². The van der Waals surface area contributed by atoms with E-state index in [1.54, 1.807) is 0 Å². The van der Waals surface area contributed by atoms with Crippen molar-refractivity contribution in [1.29, 1.82) is 5.26 Å². The van der Waals surface area contributed by atoms with E-state index in [-0.39, 0.29) is 0 Å². The zero-order valence-electron chi connectivity index (χ0n) is 8.21. The Morgan fingerprint density at radius 2 is 2.08 bits per heavy atom. The lowest BCUT2D eigenvalue weighted by atomic mass is 9.68. The summed E-state index contributed by atoms with van der Waals surface area (Å²) in [5, 5.41) is 8.36. The number of unbranched alkanes of at least 4 members (excludes halogenated alkanes) is 1. The molecule has 1 nitrogen and oxygen atoms in total. The molecule has 0 saturated heterocycles. The van der Waals surface area contributed by atoms with Gasteiger partial charge in [-0.1, -0.05) is 13.8 Å². The van der Waals surface area contributed by atoms with Gasteiger partial charge in [0.25, 0.3) is 0 Å². The van der Waals surface area contributed by atoms with Gasteiger partial charge in [0.05, 0.1) is 6.07 Å². The Kier molecular flexibility index (Phi) is 3.59. The van der Waals surface area contributed by atoms with Crippen molar-refractivity contribution in [1.82, 2.24) is 0 Å². The first kappa shape index (κ1) is 9.58. The fourth-order valence-electron chi connectivity index (χ4n) is 2.04. The highest BCUT2D eigenvalue weighted by Crippen LogP contribution is 2.41. The van der Waals surface area contributed by atoms with Crippen molar-refractivity contribution in [2.24, 2.45) is 17.8 Å². The average molecular weight is 165 g/mol. The predicted molar refractivity (Wildman–Crippen MR) is 50.5 cm³/mol. The second-order valence-corrected chi connectivity index (χ2v) is 4.39. The molecule has 0 radical (unpaired) electrons. The lowest BCUT2D eigenvalue weighted by molar-refractivity contribution is 0.132. The van der Waals surface area contributed by atoms with Crippen molar-refractivity contribution in [3.05, 3.63) is 0 Å². The van der Waals surface area contributed by atoms with Crippen molar-refractivity contribution in [3.63, 3.8) is 0 Å². The standard InChI is InChI=1S/C11H19N/c1-9(2)11-7-10(8-11)5-3-4-6-12/h9-11H,3-5,7-8H2,1-2H3. The van der Waals surface area contributed by atoms with Crippen LogP contribution >= 0.6 is 0 Å². The minimum absolute atomic E-state index is 0.753. The van der Waals surface area contributed by atoms with Crippen molar-refractivity contribution in [2.45, 2.75) is 46.0 Å². The van der Waals surface area contributed by atoms with Crippen LogP contribution in [0.1, 0.15) is 46.0 Å². The highest BCUT2D eigenvalue weighted by molar-refractivity contribution is 4.82. The zero-order chi connectivity index (χ0) is 8.97. The maximum absolute atomic E-state index is 8.36. The van der Waals surface area contributed by atoms with Crippen molar-refractivity contribution in [2.75, 3.05) is 0 Å². The average Bonchev–Trinajstić information content (AvgIpc) is 1.93. The summed E-state index contributed by atoms with van der Waals surface area (Å²) in [7, 11) is 0. The minimum Gasteiger partial charge on any atom is -0.198 e. The summed E-state index contributed by atoms with van der Waals surface area (Å²) < 4.78 is 0. The number of rotatable bonds is 4. The summed E-state index contributed by atoms with van der Waals surface area (Å²) >= 11 is 0.